The first kappa shape index (κ1) is 33.9. The number of imidazole rings is 1. The van der Waals surface area contributed by atoms with E-state index >= 15 is 0 Å². The number of fused-ring (bicyclic) bond motifs is 4. The minimum absolute atomic E-state index is 0.0991. The predicted octanol–water partition coefficient (Wildman–Crippen LogP) is 14.9. The van der Waals surface area contributed by atoms with E-state index in [0.717, 1.165) is 40.3 Å². The summed E-state index contributed by atoms with van der Waals surface area (Å²) in [5.41, 5.74) is 7.39. The van der Waals surface area contributed by atoms with Gasteiger partial charge >= 0.3 is 341 Å². The first-order chi connectivity index (χ1) is 36.3. The average Bonchev–Trinajstić information content (AvgIpc) is 3.97. The van der Waals surface area contributed by atoms with Crippen molar-refractivity contribution in [2.75, 3.05) is 4.81 Å². The molecule has 6 aromatic carbocycles. The van der Waals surface area contributed by atoms with Crippen LogP contribution in [-0.4, -0.2) is 30.8 Å². The molecule has 10 rings (SSSR count). The number of aryl methyl sites for hydroxylation is 1. The minimum atomic E-state index is -0.628. The molecule has 338 valence electrons. The van der Waals surface area contributed by atoms with Crippen molar-refractivity contribution in [1.29, 1.82) is 0 Å². The van der Waals surface area contributed by atoms with Gasteiger partial charge in [0.1, 0.15) is 0 Å². The van der Waals surface area contributed by atoms with E-state index in [0.29, 0.717) is 43.5 Å². The van der Waals surface area contributed by atoms with Crippen molar-refractivity contribution in [3.8, 4) is 56.4 Å². The molecule has 4 heterocycles. The van der Waals surface area contributed by atoms with Crippen molar-refractivity contribution < 1.29 is 37.8 Å². The molecule has 7 nitrogen and oxygen atoms in total. The number of ether oxygens (including phenoxy) is 1. The summed E-state index contributed by atoms with van der Waals surface area (Å²) in [6, 6.07) is 26.2. The second kappa shape index (κ2) is 17.3. The van der Waals surface area contributed by atoms with Gasteiger partial charge in [0.25, 0.3) is 0 Å². The Hall–Kier alpha value is -6.50. The van der Waals surface area contributed by atoms with E-state index in [-0.39, 0.29) is 40.3 Å². The molecule has 0 saturated heterocycles. The summed E-state index contributed by atoms with van der Waals surface area (Å²) >= 11 is 2.20. The fraction of sp³-hybridized carbons (Fsp3) is 0.224. The molecule has 0 bridgehead atoms. The van der Waals surface area contributed by atoms with Gasteiger partial charge in [0.2, 0.25) is 0 Å². The number of nitrogens with zero attached hydrogens (tertiary/aromatic N) is 6. The van der Waals surface area contributed by atoms with Gasteiger partial charge in [0.05, 0.1) is 5.69 Å². The van der Waals surface area contributed by atoms with Crippen LogP contribution in [0.15, 0.2) is 164 Å². The SMILES string of the molecule is [2H]c1c([2H])c([2H])c(-c2cc(C(C)(C)C)cc(-c3c([2H])c([2H])c([2H])c([2H])c3[2H])c2-n2[c](=[Pt])n(-c3cccc(Oc4ccc5c(c4)N(c4cc(C)ccn4)B(CC(C)C)n4nc(C(C)(C)C)cc4-5)c3)c3ccccc32)c([2H])c1[2H]. The van der Waals surface area contributed by atoms with E-state index in [1.54, 1.807) is 12.1 Å². The Labute approximate surface area is 420 Å². The van der Waals surface area contributed by atoms with Crippen LogP contribution in [-0.2, 0) is 30.2 Å². The van der Waals surface area contributed by atoms with Crippen LogP contribution in [0.2, 0.25) is 6.32 Å². The third-order valence-electron chi connectivity index (χ3n) is 12.2. The Kier molecular flexibility index (Phi) is 8.75. The molecular weight excluding hydrogens is 1000 g/mol. The molecule has 9 heteroatoms. The molecule has 67 heavy (non-hydrogen) atoms. The molecule has 0 radical (unpaired) electrons. The molecule has 0 atom stereocenters. The van der Waals surface area contributed by atoms with Crippen molar-refractivity contribution in [2.24, 2.45) is 5.92 Å². The van der Waals surface area contributed by atoms with Crippen LogP contribution in [0.25, 0.3) is 55.9 Å². The topological polar surface area (TPSA) is 53.0 Å². The summed E-state index contributed by atoms with van der Waals surface area (Å²) in [7, 11) is 0. The van der Waals surface area contributed by atoms with Crippen LogP contribution >= 0.6 is 0 Å². The number of rotatable bonds is 9. The van der Waals surface area contributed by atoms with Gasteiger partial charge in [0, 0.05) is 11.6 Å². The molecule has 9 aromatic rings. The van der Waals surface area contributed by atoms with Crippen LogP contribution in [0.4, 0.5) is 11.5 Å². The number of pyridine rings is 1. The Balaban J connectivity index is 1.19. The summed E-state index contributed by atoms with van der Waals surface area (Å²) in [5.74, 6) is 2.26. The van der Waals surface area contributed by atoms with Gasteiger partial charge in [-0.2, -0.15) is 5.10 Å². The van der Waals surface area contributed by atoms with Crippen molar-refractivity contribution >= 4 is 29.5 Å². The zero-order valence-electron chi connectivity index (χ0n) is 49.1. The van der Waals surface area contributed by atoms with Crippen molar-refractivity contribution in [3.63, 3.8) is 0 Å². The van der Waals surface area contributed by atoms with Gasteiger partial charge in [-0.15, -0.1) is 0 Å². The van der Waals surface area contributed by atoms with E-state index in [1.807, 2.05) is 96.8 Å². The fourth-order valence-corrected chi connectivity index (χ4v) is 9.95. The number of aromatic nitrogens is 5. The predicted molar refractivity (Wildman–Crippen MR) is 274 cm³/mol. The summed E-state index contributed by atoms with van der Waals surface area (Å²) in [6.07, 6.45) is 2.64. The van der Waals surface area contributed by atoms with Gasteiger partial charge in [-0.3, -0.25) is 0 Å². The molecule has 0 unspecified atom stereocenters. The van der Waals surface area contributed by atoms with E-state index < -0.39 is 65.8 Å². The molecule has 0 N–H and O–H groups in total. The van der Waals surface area contributed by atoms with Crippen molar-refractivity contribution in [1.82, 2.24) is 23.8 Å². The van der Waals surface area contributed by atoms with Crippen LogP contribution in [0.1, 0.15) is 85.9 Å². The van der Waals surface area contributed by atoms with Crippen LogP contribution in [0.3, 0.4) is 0 Å². The standard InChI is InChI=1S/C58H57BN6O.Pt/c1-39(2)37-59-64(55-31-40(3)29-30-60-55)52-35-46(27-28-47(52)53-36-54(58(7,8)9)61-65(53)59)66-45-24-18-23-44(34-45)62-38-63(51-26-17-16-25-50(51)62)56-48(41-19-12-10-13-20-41)32-43(57(4,5)6)33-49(56)42-21-14-11-15-22-42;/h10-36,39H,37H2,1-9H3;/i10D,11D,12D,13D,14D,15D,19D,20D,21D,22D;. The van der Waals surface area contributed by atoms with Gasteiger partial charge < -0.3 is 0 Å². The Morgan fingerprint density at radius 2 is 1.33 bits per heavy atom. The fourth-order valence-electron chi connectivity index (χ4n) is 8.86. The number of hydrogen-bond donors (Lipinski definition) is 0. The second-order valence-electron chi connectivity index (χ2n) is 19.6. The molecule has 1 aliphatic heterocycles. The summed E-state index contributed by atoms with van der Waals surface area (Å²) in [5, 5.41) is 5.26. The number of benzene rings is 6. The second-order valence-corrected chi connectivity index (χ2v) is 20.6. The maximum absolute atomic E-state index is 9.32. The molecule has 0 spiro atoms. The van der Waals surface area contributed by atoms with Gasteiger partial charge in [-0.1, -0.05) is 34.6 Å². The molecule has 3 aromatic heterocycles. The maximum atomic E-state index is 9.32. The Bertz CT molecular complexity index is 3820. The number of para-hydroxylation sites is 2. The van der Waals surface area contributed by atoms with Crippen LogP contribution < -0.4 is 9.55 Å². The van der Waals surface area contributed by atoms with Gasteiger partial charge in [0.15, 0.2) is 0 Å². The Morgan fingerprint density at radius 3 is 1.94 bits per heavy atom. The number of hydrogen-bond acceptors (Lipinski definition) is 4. The first-order valence-electron chi connectivity index (χ1n) is 27.5. The number of anilines is 2. The normalized spacial score (nSPS) is 14.9. The zero-order valence-corrected chi connectivity index (χ0v) is 41.4. The van der Waals surface area contributed by atoms with Gasteiger partial charge in [-0.05, 0) is 24.5 Å². The summed E-state index contributed by atoms with van der Waals surface area (Å²) in [6.45, 7) is 18.7. The quantitative estimate of drug-likeness (QED) is 0.135. The van der Waals surface area contributed by atoms with E-state index in [1.165, 1.54) is 0 Å². The molecule has 1 aliphatic rings. The van der Waals surface area contributed by atoms with Crippen molar-refractivity contribution in [3.05, 3.63) is 184 Å². The molecule has 0 amide bonds. The van der Waals surface area contributed by atoms with E-state index in [9.17, 15) is 5.48 Å². The zero-order chi connectivity index (χ0) is 55.5. The van der Waals surface area contributed by atoms with Crippen LogP contribution in [0, 0.1) is 16.6 Å². The molecule has 0 aliphatic carbocycles. The molecule has 0 fully saturated rings. The third-order valence-corrected chi connectivity index (χ3v) is 13.2. The van der Waals surface area contributed by atoms with Crippen molar-refractivity contribution in [2.45, 2.75) is 79.5 Å². The van der Waals surface area contributed by atoms with Crippen LogP contribution in [0.5, 0.6) is 11.5 Å². The molecular formula is C58H57BN6OPt. The summed E-state index contributed by atoms with van der Waals surface area (Å²) < 4.78 is 103. The first-order valence-corrected chi connectivity index (χ1v) is 23.7. The average molecular weight is 1070 g/mol. The third kappa shape index (κ3) is 8.35. The Morgan fingerprint density at radius 1 is 0.687 bits per heavy atom. The van der Waals surface area contributed by atoms with Gasteiger partial charge in [-0.25, -0.2) is 0 Å². The summed E-state index contributed by atoms with van der Waals surface area (Å²) in [4.78, 5) is 7.19. The van der Waals surface area contributed by atoms with E-state index in [4.69, 9.17) is 23.0 Å². The van der Waals surface area contributed by atoms with E-state index in [2.05, 4.69) is 94.6 Å². The molecule has 0 saturated carbocycles. The monoisotopic (exact) mass is 1070 g/mol.